The molecule has 1 aromatic rings. The summed E-state index contributed by atoms with van der Waals surface area (Å²) in [7, 11) is 1.50. The molecule has 0 aliphatic carbocycles. The molecule has 0 aromatic heterocycles. The molecular weight excluding hydrogens is 297 g/mol. The van der Waals surface area contributed by atoms with Crippen LogP contribution in [0.2, 0.25) is 5.02 Å². The molecule has 0 saturated carbocycles. The number of ether oxygens (including phenoxy) is 1. The Bertz CT molecular complexity index is 493. The van der Waals surface area contributed by atoms with E-state index < -0.39 is 5.82 Å². The van der Waals surface area contributed by atoms with Gasteiger partial charge in [0.25, 0.3) is 0 Å². The van der Waals surface area contributed by atoms with E-state index in [1.807, 2.05) is 0 Å². The van der Waals surface area contributed by atoms with Gasteiger partial charge in [0.05, 0.1) is 19.8 Å². The molecule has 0 unspecified atom stereocenters. The van der Waals surface area contributed by atoms with E-state index in [2.05, 4.69) is 5.73 Å². The van der Waals surface area contributed by atoms with Gasteiger partial charge in [-0.2, -0.15) is 0 Å². The van der Waals surface area contributed by atoms with Gasteiger partial charge >= 0.3 is 0 Å². The molecular formula is C14H21ClFN3O2. The number of allylic oxidation sites excluding steroid dienone is 2. The molecule has 21 heavy (non-hydrogen) atoms. The lowest BCUT2D eigenvalue weighted by Crippen LogP contribution is -2.09. The molecule has 1 aromatic carbocycles. The summed E-state index contributed by atoms with van der Waals surface area (Å²) in [5, 5.41) is 8.93. The van der Waals surface area contributed by atoms with Crippen molar-refractivity contribution in [1.29, 1.82) is 0 Å². The Labute approximate surface area is 128 Å². The number of halogens is 2. The van der Waals surface area contributed by atoms with Crippen LogP contribution in [0.25, 0.3) is 5.70 Å². The first-order chi connectivity index (χ1) is 10.0. The predicted molar refractivity (Wildman–Crippen MR) is 83.9 cm³/mol. The second-order valence-electron chi connectivity index (χ2n) is 3.76. The average Bonchev–Trinajstić information content (AvgIpc) is 2.49. The van der Waals surface area contributed by atoms with Crippen molar-refractivity contribution in [3.63, 3.8) is 0 Å². The van der Waals surface area contributed by atoms with Crippen LogP contribution < -0.4 is 17.2 Å². The first-order valence-electron chi connectivity index (χ1n) is 6.18. The van der Waals surface area contributed by atoms with Crippen molar-refractivity contribution in [1.82, 2.24) is 0 Å². The summed E-state index contributed by atoms with van der Waals surface area (Å²) in [5.41, 5.74) is 16.7. The van der Waals surface area contributed by atoms with Crippen LogP contribution in [0.4, 0.5) is 4.39 Å². The van der Waals surface area contributed by atoms with Gasteiger partial charge in [0.1, 0.15) is 5.82 Å². The minimum Gasteiger partial charge on any atom is -0.400 e. The number of hydrogen-bond acceptors (Lipinski definition) is 5. The number of benzene rings is 1. The first kappa shape index (κ1) is 19.4. The largest absolute Gasteiger partial charge is 0.400 e. The summed E-state index contributed by atoms with van der Waals surface area (Å²) in [6.07, 6.45) is 3.00. The fourth-order valence-corrected chi connectivity index (χ4v) is 1.48. The van der Waals surface area contributed by atoms with E-state index in [9.17, 15) is 4.39 Å². The topological polar surface area (TPSA) is 108 Å². The number of aliphatic hydroxyl groups is 1. The van der Waals surface area contributed by atoms with Crippen LogP contribution in [0.15, 0.2) is 36.0 Å². The zero-order valence-electron chi connectivity index (χ0n) is 11.9. The maximum Gasteiger partial charge on any atom is 0.132 e. The summed E-state index contributed by atoms with van der Waals surface area (Å²) >= 11 is 5.77. The van der Waals surface area contributed by atoms with Gasteiger partial charge in [-0.05, 0) is 37.4 Å². The highest BCUT2D eigenvalue weighted by atomic mass is 35.5. The van der Waals surface area contributed by atoms with Gasteiger partial charge < -0.3 is 27.0 Å². The highest BCUT2D eigenvalue weighted by Crippen LogP contribution is 2.19. The van der Waals surface area contributed by atoms with Crippen LogP contribution >= 0.6 is 11.6 Å². The molecule has 5 nitrogen and oxygen atoms in total. The van der Waals surface area contributed by atoms with E-state index in [4.69, 9.17) is 32.9 Å². The molecule has 0 aliphatic rings. The molecule has 0 bridgehead atoms. The van der Waals surface area contributed by atoms with Gasteiger partial charge in [0.2, 0.25) is 0 Å². The molecule has 7 heteroatoms. The van der Waals surface area contributed by atoms with Gasteiger partial charge in [-0.15, -0.1) is 0 Å². The molecule has 0 spiro atoms. The number of hydrogen-bond donors (Lipinski definition) is 4. The van der Waals surface area contributed by atoms with E-state index >= 15 is 0 Å². The highest BCUT2D eigenvalue weighted by Gasteiger charge is 2.04. The lowest BCUT2D eigenvalue weighted by molar-refractivity contribution is 0.107. The maximum atomic E-state index is 13.5. The third-order valence-corrected chi connectivity index (χ3v) is 2.46. The van der Waals surface area contributed by atoms with Crippen molar-refractivity contribution in [2.75, 3.05) is 26.9 Å². The van der Waals surface area contributed by atoms with Crippen LogP contribution in [-0.2, 0) is 4.74 Å². The maximum absolute atomic E-state index is 13.5. The van der Waals surface area contributed by atoms with Crippen molar-refractivity contribution < 1.29 is 14.2 Å². The number of rotatable bonds is 6. The van der Waals surface area contributed by atoms with E-state index in [1.54, 1.807) is 0 Å². The van der Waals surface area contributed by atoms with E-state index in [1.165, 1.54) is 37.4 Å². The summed E-state index contributed by atoms with van der Waals surface area (Å²) in [6.45, 7) is 0.304. The Morgan fingerprint density at radius 2 is 2.00 bits per heavy atom. The number of aliphatic hydroxyl groups excluding tert-OH is 1. The van der Waals surface area contributed by atoms with Crippen molar-refractivity contribution >= 4 is 17.3 Å². The molecule has 0 saturated heterocycles. The Morgan fingerprint density at radius 3 is 2.62 bits per heavy atom. The van der Waals surface area contributed by atoms with Gasteiger partial charge in [-0.3, -0.25) is 0 Å². The summed E-state index contributed by atoms with van der Waals surface area (Å²) in [6, 6.07) is 4.13. The van der Waals surface area contributed by atoms with Crippen molar-refractivity contribution in [2.24, 2.45) is 17.2 Å². The molecule has 118 valence electrons. The zero-order chi connectivity index (χ0) is 16.3. The van der Waals surface area contributed by atoms with Crippen LogP contribution in [-0.4, -0.2) is 32.0 Å². The highest BCUT2D eigenvalue weighted by molar-refractivity contribution is 6.30. The number of nitrogens with two attached hydrogens (primary N) is 3. The van der Waals surface area contributed by atoms with E-state index in [0.29, 0.717) is 10.7 Å². The monoisotopic (exact) mass is 317 g/mol. The third kappa shape index (κ3) is 7.67. The average molecular weight is 318 g/mol. The normalized spacial score (nSPS) is 11.9. The Morgan fingerprint density at radius 1 is 1.33 bits per heavy atom. The summed E-state index contributed by atoms with van der Waals surface area (Å²) in [5.74, 6) is -0.457. The standard InChI is InChI=1S/C13H16ClFN2O2.CH5N/c14-9-1-3-12(15)11(7-9)13(17)4-2-10(16)8-19-6-5-18;1-2/h1-4,7,18H,5-6,8,16-17H2;2H2,1H3/b10-2-,13-4-;. The van der Waals surface area contributed by atoms with Crippen molar-refractivity contribution in [3.05, 3.63) is 52.5 Å². The van der Waals surface area contributed by atoms with Gasteiger partial charge in [-0.1, -0.05) is 11.6 Å². The van der Waals surface area contributed by atoms with Gasteiger partial charge in [0, 0.05) is 22.0 Å². The quantitative estimate of drug-likeness (QED) is 0.466. The molecule has 7 N–H and O–H groups in total. The second-order valence-corrected chi connectivity index (χ2v) is 4.20. The molecule has 0 heterocycles. The molecule has 0 amide bonds. The van der Waals surface area contributed by atoms with Crippen LogP contribution in [0.5, 0.6) is 0 Å². The molecule has 0 fully saturated rings. The van der Waals surface area contributed by atoms with Crippen molar-refractivity contribution in [2.45, 2.75) is 0 Å². The SMILES string of the molecule is CN.N/C(=C\C=C(/N)c1cc(Cl)ccc1F)COCCO. The predicted octanol–water partition coefficient (Wildman–Crippen LogP) is 1.21. The Balaban J connectivity index is 0.00000191. The van der Waals surface area contributed by atoms with Gasteiger partial charge in [-0.25, -0.2) is 4.39 Å². The smallest absolute Gasteiger partial charge is 0.132 e. The molecule has 0 radical (unpaired) electrons. The Kier molecular flexibility index (Phi) is 10.3. The van der Waals surface area contributed by atoms with Crippen LogP contribution in [0.1, 0.15) is 5.56 Å². The molecule has 0 aliphatic heterocycles. The van der Waals surface area contributed by atoms with Gasteiger partial charge in [0.15, 0.2) is 0 Å². The molecule has 0 atom stereocenters. The minimum absolute atomic E-state index is 0.0705. The summed E-state index contributed by atoms with van der Waals surface area (Å²) in [4.78, 5) is 0. The van der Waals surface area contributed by atoms with Crippen LogP contribution in [0, 0.1) is 5.82 Å². The fourth-order valence-electron chi connectivity index (χ4n) is 1.31. The third-order valence-electron chi connectivity index (χ3n) is 2.22. The van der Waals surface area contributed by atoms with Crippen LogP contribution in [0.3, 0.4) is 0 Å². The lowest BCUT2D eigenvalue weighted by atomic mass is 10.1. The lowest BCUT2D eigenvalue weighted by Gasteiger charge is -2.04. The fraction of sp³-hybridized carbons (Fsp3) is 0.286. The summed E-state index contributed by atoms with van der Waals surface area (Å²) < 4.78 is 18.5. The Hall–Kier alpha value is -1.60. The van der Waals surface area contributed by atoms with Crippen molar-refractivity contribution in [3.8, 4) is 0 Å². The van der Waals surface area contributed by atoms with E-state index in [-0.39, 0.29) is 31.1 Å². The first-order valence-corrected chi connectivity index (χ1v) is 6.56. The minimum atomic E-state index is -0.457. The second kappa shape index (κ2) is 11.1. The van der Waals surface area contributed by atoms with E-state index in [0.717, 1.165) is 0 Å². The molecule has 1 rings (SSSR count). The zero-order valence-corrected chi connectivity index (χ0v) is 12.6.